The maximum Gasteiger partial charge on any atom is 0.123 e. The molecule has 0 heterocycles. The van der Waals surface area contributed by atoms with Crippen molar-refractivity contribution >= 4 is 0 Å². The van der Waals surface area contributed by atoms with Gasteiger partial charge in [0.2, 0.25) is 0 Å². The van der Waals surface area contributed by atoms with Crippen molar-refractivity contribution in [2.24, 2.45) is 0 Å². The van der Waals surface area contributed by atoms with Crippen LogP contribution < -0.4 is 10.1 Å². The minimum Gasteiger partial charge on any atom is -0.508 e. The van der Waals surface area contributed by atoms with Gasteiger partial charge in [-0.1, -0.05) is 12.1 Å². The van der Waals surface area contributed by atoms with Gasteiger partial charge in [-0.15, -0.1) is 0 Å². The van der Waals surface area contributed by atoms with E-state index in [9.17, 15) is 19.7 Å². The van der Waals surface area contributed by atoms with Crippen molar-refractivity contribution < 1.29 is 24.4 Å². The molecule has 0 aliphatic heterocycles. The maximum atomic E-state index is 12.1. The molecule has 0 saturated carbocycles. The van der Waals surface area contributed by atoms with Crippen LogP contribution >= 0.6 is 0 Å². The molecule has 0 aromatic heterocycles. The van der Waals surface area contributed by atoms with Crippen molar-refractivity contribution in [3.8, 4) is 17.2 Å². The second-order valence-electron chi connectivity index (χ2n) is 5.99. The van der Waals surface area contributed by atoms with Crippen molar-refractivity contribution in [3.05, 3.63) is 53.6 Å². The zero-order valence-electron chi connectivity index (χ0n) is 14.2. The molecule has 0 fully saturated rings. The summed E-state index contributed by atoms with van der Waals surface area (Å²) in [4.78, 5) is 0. The Bertz CT molecular complexity index is 643. The van der Waals surface area contributed by atoms with Gasteiger partial charge in [-0.25, -0.2) is 4.39 Å². The number of aliphatic hydroxyl groups excluding tert-OH is 1. The molecule has 0 unspecified atom stereocenters. The minimum absolute atomic E-state index is 0.0553. The third kappa shape index (κ3) is 6.25. The largest absolute Gasteiger partial charge is 0.508 e. The van der Waals surface area contributed by atoms with E-state index < -0.39 is 12.8 Å². The van der Waals surface area contributed by atoms with Crippen molar-refractivity contribution in [1.29, 1.82) is 0 Å². The monoisotopic (exact) mass is 348 g/mol. The molecule has 0 amide bonds. The van der Waals surface area contributed by atoms with Crippen molar-refractivity contribution in [2.75, 3.05) is 19.8 Å². The lowest BCUT2D eigenvalue weighted by atomic mass is 10.1. The second kappa shape index (κ2) is 9.25. The van der Waals surface area contributed by atoms with Gasteiger partial charge in [0.25, 0.3) is 0 Å². The molecule has 2 atom stereocenters. The predicted molar refractivity (Wildman–Crippen MR) is 93.8 cm³/mol. The Kier molecular flexibility index (Phi) is 7.03. The SMILES string of the molecule is C[C@@H](Cc1ccc(OCC[18F])cc1)NC[C@@H](O)c1cc(O)cc(O)c1. The summed E-state index contributed by atoms with van der Waals surface area (Å²) < 4.78 is 17.3. The van der Waals surface area contributed by atoms with Crippen molar-refractivity contribution in [3.63, 3.8) is 0 Å². The van der Waals surface area contributed by atoms with Crippen LogP contribution in [0.25, 0.3) is 0 Å². The fraction of sp³-hybridized carbons (Fsp3) is 0.368. The summed E-state index contributed by atoms with van der Waals surface area (Å²) in [6, 6.07) is 11.6. The number of aliphatic hydroxyl groups is 1. The molecular formula is C19H24FNO4. The smallest absolute Gasteiger partial charge is 0.123 e. The van der Waals surface area contributed by atoms with Gasteiger partial charge in [-0.05, 0) is 48.7 Å². The number of aromatic hydroxyl groups is 2. The van der Waals surface area contributed by atoms with Crippen LogP contribution in [0.15, 0.2) is 42.5 Å². The molecule has 0 bridgehead atoms. The van der Waals surface area contributed by atoms with E-state index in [1.54, 1.807) is 0 Å². The average Bonchev–Trinajstić information content (AvgIpc) is 2.58. The first-order chi connectivity index (χ1) is 12.0. The number of halogens is 1. The topological polar surface area (TPSA) is 82.0 Å². The normalized spacial score (nSPS) is 13.4. The summed E-state index contributed by atoms with van der Waals surface area (Å²) >= 11 is 0. The zero-order valence-corrected chi connectivity index (χ0v) is 14.2. The van der Waals surface area contributed by atoms with Gasteiger partial charge in [-0.3, -0.25) is 0 Å². The van der Waals surface area contributed by atoms with Gasteiger partial charge < -0.3 is 25.4 Å². The van der Waals surface area contributed by atoms with E-state index in [2.05, 4.69) is 5.32 Å². The summed E-state index contributed by atoms with van der Waals surface area (Å²) in [7, 11) is 0. The zero-order chi connectivity index (χ0) is 18.2. The van der Waals surface area contributed by atoms with Crippen LogP contribution in [0.4, 0.5) is 4.39 Å². The molecule has 0 radical (unpaired) electrons. The van der Waals surface area contributed by atoms with E-state index in [1.807, 2.05) is 31.2 Å². The van der Waals surface area contributed by atoms with E-state index in [0.29, 0.717) is 17.9 Å². The number of alkyl halides is 1. The van der Waals surface area contributed by atoms with Gasteiger partial charge >= 0.3 is 0 Å². The summed E-state index contributed by atoms with van der Waals surface area (Å²) in [5, 5.41) is 32.3. The number of rotatable bonds is 9. The van der Waals surface area contributed by atoms with Gasteiger partial charge in [0.1, 0.15) is 30.5 Å². The van der Waals surface area contributed by atoms with E-state index in [0.717, 1.165) is 12.0 Å². The van der Waals surface area contributed by atoms with Crippen LogP contribution in [0.2, 0.25) is 0 Å². The van der Waals surface area contributed by atoms with Gasteiger partial charge in [0, 0.05) is 18.7 Å². The highest BCUT2D eigenvalue weighted by molar-refractivity contribution is 5.37. The molecule has 0 saturated heterocycles. The van der Waals surface area contributed by atoms with Crippen LogP contribution in [-0.2, 0) is 6.42 Å². The molecule has 5 nitrogen and oxygen atoms in total. The summed E-state index contributed by atoms with van der Waals surface area (Å²) in [5.74, 6) is 0.468. The van der Waals surface area contributed by atoms with E-state index in [4.69, 9.17) is 4.74 Å². The highest BCUT2D eigenvalue weighted by atomic mass is 18.2. The Morgan fingerprint density at radius 1 is 1.08 bits per heavy atom. The van der Waals surface area contributed by atoms with Crippen LogP contribution in [0.5, 0.6) is 17.2 Å². The Labute approximate surface area is 146 Å². The number of hydrogen-bond donors (Lipinski definition) is 4. The quantitative estimate of drug-likeness (QED) is 0.560. The molecule has 0 spiro atoms. The van der Waals surface area contributed by atoms with E-state index in [1.165, 1.54) is 18.2 Å². The Morgan fingerprint density at radius 2 is 1.72 bits per heavy atom. The first-order valence-electron chi connectivity index (χ1n) is 8.20. The number of phenols is 2. The average molecular weight is 348 g/mol. The fourth-order valence-electron chi connectivity index (χ4n) is 2.55. The van der Waals surface area contributed by atoms with Gasteiger partial charge in [-0.2, -0.15) is 0 Å². The molecular weight excluding hydrogens is 324 g/mol. The highest BCUT2D eigenvalue weighted by Gasteiger charge is 2.12. The summed E-state index contributed by atoms with van der Waals surface area (Å²) in [5.41, 5.74) is 1.55. The predicted octanol–water partition coefficient (Wildman–Crippen LogP) is 2.70. The van der Waals surface area contributed by atoms with E-state index >= 15 is 0 Å². The number of phenolic OH excluding ortho intramolecular Hbond substituents is 2. The maximum absolute atomic E-state index is 12.1. The van der Waals surface area contributed by atoms with Crippen LogP contribution in [0.3, 0.4) is 0 Å². The molecule has 2 rings (SSSR count). The third-order valence-corrected chi connectivity index (χ3v) is 3.78. The number of benzene rings is 2. The van der Waals surface area contributed by atoms with Crippen LogP contribution in [0.1, 0.15) is 24.2 Å². The molecule has 2 aromatic carbocycles. The lowest BCUT2D eigenvalue weighted by Gasteiger charge is -2.18. The lowest BCUT2D eigenvalue weighted by molar-refractivity contribution is 0.170. The summed E-state index contributed by atoms with van der Waals surface area (Å²) in [6.07, 6.45) is -0.0848. The number of ether oxygens (including phenoxy) is 1. The lowest BCUT2D eigenvalue weighted by Crippen LogP contribution is -2.32. The second-order valence-corrected chi connectivity index (χ2v) is 5.99. The Morgan fingerprint density at radius 3 is 2.32 bits per heavy atom. The van der Waals surface area contributed by atoms with E-state index in [-0.39, 0.29) is 24.1 Å². The fourth-order valence-corrected chi connectivity index (χ4v) is 2.55. The first-order valence-corrected chi connectivity index (χ1v) is 8.20. The number of nitrogens with one attached hydrogen (secondary N) is 1. The number of hydrogen-bond acceptors (Lipinski definition) is 5. The minimum atomic E-state index is -0.836. The molecule has 25 heavy (non-hydrogen) atoms. The molecule has 4 N–H and O–H groups in total. The van der Waals surface area contributed by atoms with Crippen molar-refractivity contribution in [2.45, 2.75) is 25.5 Å². The molecule has 6 heteroatoms. The first kappa shape index (κ1) is 19.0. The molecule has 0 aliphatic carbocycles. The van der Waals surface area contributed by atoms with Crippen LogP contribution in [-0.4, -0.2) is 41.2 Å². The summed E-state index contributed by atoms with van der Waals surface area (Å²) in [6.45, 7) is 1.84. The standard InChI is InChI=1S/C19H24FNO4/c1-13(8-14-2-4-18(5-3-14)25-7-6-20)21-12-19(24)15-9-16(22)11-17(23)10-15/h2-5,9-11,13,19,21-24H,6-8,12H2,1H3/t13-,19+/m0/s1/i20-1. The molecule has 2 aromatic rings. The van der Waals surface area contributed by atoms with Crippen molar-refractivity contribution in [1.82, 2.24) is 5.32 Å². The highest BCUT2D eigenvalue weighted by Crippen LogP contribution is 2.24. The molecule has 0 aliphatic rings. The van der Waals surface area contributed by atoms with Crippen LogP contribution in [0, 0.1) is 0 Å². The molecule has 136 valence electrons. The third-order valence-electron chi connectivity index (χ3n) is 3.78. The Balaban J connectivity index is 1.82. The van der Waals surface area contributed by atoms with Gasteiger partial charge in [0.15, 0.2) is 0 Å². The Hall–Kier alpha value is -2.31. The van der Waals surface area contributed by atoms with Gasteiger partial charge in [0.05, 0.1) is 6.10 Å².